The van der Waals surface area contributed by atoms with E-state index in [4.69, 9.17) is 9.26 Å². The van der Waals surface area contributed by atoms with Gasteiger partial charge in [-0.25, -0.2) is 0 Å². The van der Waals surface area contributed by atoms with E-state index in [2.05, 4.69) is 21.4 Å². The second kappa shape index (κ2) is 10.6. The highest BCUT2D eigenvalue weighted by atomic mass is 16.5. The molecule has 3 saturated heterocycles. The van der Waals surface area contributed by atoms with Crippen LogP contribution in [0.1, 0.15) is 31.2 Å². The minimum Gasteiger partial charge on any atom is -0.379 e. The molecule has 0 radical (unpaired) electrons. The maximum absolute atomic E-state index is 12.9. The molecule has 1 aromatic heterocycles. The van der Waals surface area contributed by atoms with E-state index in [-0.39, 0.29) is 11.8 Å². The van der Waals surface area contributed by atoms with Crippen molar-refractivity contribution < 1.29 is 18.8 Å². The average Bonchev–Trinajstić information content (AvgIpc) is 3.22. The minimum atomic E-state index is 0.0890. The lowest BCUT2D eigenvalue weighted by atomic mass is 9.81. The fourth-order valence-corrected chi connectivity index (χ4v) is 4.88. The Labute approximate surface area is 184 Å². The third-order valence-corrected chi connectivity index (χ3v) is 6.84. The summed E-state index contributed by atoms with van der Waals surface area (Å²) >= 11 is 0. The van der Waals surface area contributed by atoms with Gasteiger partial charge in [0.25, 0.3) is 0 Å². The highest BCUT2D eigenvalue weighted by Gasteiger charge is 2.31. The van der Waals surface area contributed by atoms with Gasteiger partial charge in [0.2, 0.25) is 11.8 Å². The van der Waals surface area contributed by atoms with Gasteiger partial charge in [-0.3, -0.25) is 14.5 Å². The first-order valence-electron chi connectivity index (χ1n) is 11.6. The molecule has 1 aromatic rings. The maximum atomic E-state index is 12.9. The summed E-state index contributed by atoms with van der Waals surface area (Å²) in [5.74, 6) is 1.92. The number of nitrogens with zero attached hydrogens (tertiary/aromatic N) is 4. The fourth-order valence-electron chi connectivity index (χ4n) is 4.88. The molecule has 9 nitrogen and oxygen atoms in total. The van der Waals surface area contributed by atoms with E-state index in [1.807, 2.05) is 9.80 Å². The first-order valence-corrected chi connectivity index (χ1v) is 11.6. The SMILES string of the molecule is CC(=O)N1CCN(C(=O)CC2CCNCC2Cc2cc(CN3CCOCC3)on2)CC1. The summed E-state index contributed by atoms with van der Waals surface area (Å²) in [6, 6.07) is 2.07. The van der Waals surface area contributed by atoms with Crippen LogP contribution in [0.2, 0.25) is 0 Å². The molecule has 31 heavy (non-hydrogen) atoms. The molecule has 0 spiro atoms. The van der Waals surface area contributed by atoms with Crippen LogP contribution in [0.5, 0.6) is 0 Å². The number of amides is 2. The van der Waals surface area contributed by atoms with Crippen molar-refractivity contribution in [1.29, 1.82) is 0 Å². The van der Waals surface area contributed by atoms with Crippen molar-refractivity contribution >= 4 is 11.8 Å². The van der Waals surface area contributed by atoms with Gasteiger partial charge >= 0.3 is 0 Å². The number of aromatic nitrogens is 1. The Morgan fingerprint density at radius 1 is 1.10 bits per heavy atom. The largest absolute Gasteiger partial charge is 0.379 e. The highest BCUT2D eigenvalue weighted by molar-refractivity contribution is 5.77. The van der Waals surface area contributed by atoms with Crippen LogP contribution in [0, 0.1) is 11.8 Å². The first-order chi connectivity index (χ1) is 15.1. The van der Waals surface area contributed by atoms with E-state index >= 15 is 0 Å². The number of hydrogen-bond donors (Lipinski definition) is 1. The van der Waals surface area contributed by atoms with E-state index < -0.39 is 0 Å². The molecule has 172 valence electrons. The van der Waals surface area contributed by atoms with Crippen LogP contribution in [0.25, 0.3) is 0 Å². The molecular formula is C22H35N5O4. The van der Waals surface area contributed by atoms with E-state index in [0.29, 0.717) is 44.4 Å². The van der Waals surface area contributed by atoms with Gasteiger partial charge in [-0.05, 0) is 37.8 Å². The quantitative estimate of drug-likeness (QED) is 0.692. The molecule has 0 aromatic carbocycles. The number of morpholine rings is 1. The number of ether oxygens (including phenoxy) is 1. The normalized spacial score (nSPS) is 25.6. The summed E-state index contributed by atoms with van der Waals surface area (Å²) < 4.78 is 11.0. The number of hydrogen-bond acceptors (Lipinski definition) is 7. The van der Waals surface area contributed by atoms with E-state index in [1.165, 1.54) is 0 Å². The Kier molecular flexibility index (Phi) is 7.58. The molecule has 1 N–H and O–H groups in total. The zero-order valence-electron chi connectivity index (χ0n) is 18.6. The highest BCUT2D eigenvalue weighted by Crippen LogP contribution is 2.27. The number of carbonyl (C=O) groups is 2. The number of nitrogens with one attached hydrogen (secondary N) is 1. The van der Waals surface area contributed by atoms with Crippen LogP contribution >= 0.6 is 0 Å². The lowest BCUT2D eigenvalue weighted by molar-refractivity contribution is -0.139. The Hall–Kier alpha value is -1.97. The Morgan fingerprint density at radius 2 is 1.84 bits per heavy atom. The zero-order valence-corrected chi connectivity index (χ0v) is 18.6. The summed E-state index contributed by atoms with van der Waals surface area (Å²) in [5, 5.41) is 7.79. The smallest absolute Gasteiger partial charge is 0.222 e. The third kappa shape index (κ3) is 6.05. The van der Waals surface area contributed by atoms with Gasteiger partial charge in [-0.15, -0.1) is 0 Å². The average molecular weight is 434 g/mol. The van der Waals surface area contributed by atoms with Crippen molar-refractivity contribution in [3.05, 3.63) is 17.5 Å². The zero-order chi connectivity index (χ0) is 21.6. The number of piperidine rings is 1. The van der Waals surface area contributed by atoms with E-state index in [9.17, 15) is 9.59 Å². The van der Waals surface area contributed by atoms with Gasteiger partial charge in [0, 0.05) is 58.7 Å². The Balaban J connectivity index is 1.28. The third-order valence-electron chi connectivity index (χ3n) is 6.84. The minimum absolute atomic E-state index is 0.0890. The molecule has 2 unspecified atom stereocenters. The molecule has 0 aliphatic carbocycles. The Morgan fingerprint density at radius 3 is 2.58 bits per heavy atom. The van der Waals surface area contributed by atoms with Gasteiger partial charge in [-0.1, -0.05) is 5.16 Å². The van der Waals surface area contributed by atoms with Gasteiger partial charge in [0.15, 0.2) is 5.76 Å². The molecule has 0 saturated carbocycles. The Bertz CT molecular complexity index is 740. The second-order valence-corrected chi connectivity index (χ2v) is 8.98. The van der Waals surface area contributed by atoms with Crippen molar-refractivity contribution in [3.8, 4) is 0 Å². The van der Waals surface area contributed by atoms with Crippen LogP contribution in [-0.4, -0.2) is 97.2 Å². The summed E-state index contributed by atoms with van der Waals surface area (Å²) in [6.45, 7) is 10.2. The molecule has 9 heteroatoms. The number of rotatable bonds is 6. The van der Waals surface area contributed by atoms with E-state index in [1.54, 1.807) is 6.92 Å². The summed E-state index contributed by atoms with van der Waals surface area (Å²) in [4.78, 5) is 30.5. The number of carbonyl (C=O) groups excluding carboxylic acids is 2. The van der Waals surface area contributed by atoms with Crippen LogP contribution in [0.4, 0.5) is 0 Å². The van der Waals surface area contributed by atoms with Crippen LogP contribution in [0.3, 0.4) is 0 Å². The van der Waals surface area contributed by atoms with Crippen LogP contribution < -0.4 is 5.32 Å². The molecule has 4 heterocycles. The molecule has 3 aliphatic heterocycles. The molecular weight excluding hydrogens is 398 g/mol. The molecule has 2 atom stereocenters. The summed E-state index contributed by atoms with van der Waals surface area (Å²) in [6.07, 6.45) is 2.41. The van der Waals surface area contributed by atoms with Crippen LogP contribution in [0.15, 0.2) is 10.6 Å². The monoisotopic (exact) mass is 433 g/mol. The van der Waals surface area contributed by atoms with Crippen molar-refractivity contribution in [2.75, 3.05) is 65.6 Å². The first kappa shape index (κ1) is 22.2. The molecule has 0 bridgehead atoms. The molecule has 3 aliphatic rings. The van der Waals surface area contributed by atoms with Gasteiger partial charge in [-0.2, -0.15) is 0 Å². The van der Waals surface area contributed by atoms with Gasteiger partial charge in [0.1, 0.15) is 0 Å². The fraction of sp³-hybridized carbons (Fsp3) is 0.773. The maximum Gasteiger partial charge on any atom is 0.222 e. The van der Waals surface area contributed by atoms with E-state index in [0.717, 1.165) is 70.2 Å². The predicted molar refractivity (Wildman–Crippen MR) is 114 cm³/mol. The summed E-state index contributed by atoms with van der Waals surface area (Å²) in [7, 11) is 0. The van der Waals surface area contributed by atoms with Crippen molar-refractivity contribution in [2.24, 2.45) is 11.8 Å². The topological polar surface area (TPSA) is 91.2 Å². The molecule has 4 rings (SSSR count). The standard InChI is InChI=1S/C22H35N5O4/c1-17(28)26-4-6-27(7-5-26)22(29)13-18-2-3-23-15-19(18)12-20-14-21(31-24-20)16-25-8-10-30-11-9-25/h14,18-19,23H,2-13,15-16H2,1H3. The second-order valence-electron chi connectivity index (χ2n) is 8.98. The number of piperazine rings is 1. The van der Waals surface area contributed by atoms with Crippen LogP contribution in [-0.2, 0) is 27.3 Å². The predicted octanol–water partition coefficient (Wildman–Crippen LogP) is 0.356. The lowest BCUT2D eigenvalue weighted by Crippen LogP contribution is -2.51. The van der Waals surface area contributed by atoms with Gasteiger partial charge < -0.3 is 24.4 Å². The van der Waals surface area contributed by atoms with Crippen molar-refractivity contribution in [3.63, 3.8) is 0 Å². The van der Waals surface area contributed by atoms with Gasteiger partial charge in [0.05, 0.1) is 25.5 Å². The van der Waals surface area contributed by atoms with Crippen molar-refractivity contribution in [1.82, 2.24) is 25.2 Å². The lowest BCUT2D eigenvalue weighted by Gasteiger charge is -2.37. The summed E-state index contributed by atoms with van der Waals surface area (Å²) in [5.41, 5.74) is 0.976. The van der Waals surface area contributed by atoms with Crippen molar-refractivity contribution in [2.45, 2.75) is 32.7 Å². The molecule has 2 amide bonds. The molecule has 3 fully saturated rings.